The molecule has 0 aliphatic carbocycles. The Labute approximate surface area is 102 Å². The van der Waals surface area contributed by atoms with Gasteiger partial charge in [-0.15, -0.1) is 0 Å². The monoisotopic (exact) mass is 300 g/mol. The predicted molar refractivity (Wildman–Crippen MR) is 60.6 cm³/mol. The number of hydrogen-bond acceptors (Lipinski definition) is 6. The van der Waals surface area contributed by atoms with Crippen molar-refractivity contribution in [2.24, 2.45) is 5.73 Å². The minimum Gasteiger partial charge on any atom is -0.726 e. The minimum atomic E-state index is -4.92. The van der Waals surface area contributed by atoms with Crippen LogP contribution in [0.5, 0.6) is 0 Å². The Bertz CT molecular complexity index is 289. The smallest absolute Gasteiger partial charge is 0.394 e. The van der Waals surface area contributed by atoms with Crippen LogP contribution in [0.15, 0.2) is 0 Å². The topological polar surface area (TPSA) is 178 Å². The van der Waals surface area contributed by atoms with Gasteiger partial charge in [0, 0.05) is 0 Å². The van der Waals surface area contributed by atoms with Crippen LogP contribution in [-0.2, 0) is 20.8 Å². The van der Waals surface area contributed by atoms with Crippen molar-refractivity contribution < 1.29 is 39.5 Å². The number of nitrogens with two attached hydrogens (primary N) is 1. The van der Waals surface area contributed by atoms with Crippen LogP contribution in [0.1, 0.15) is 0 Å². The Balaban J connectivity index is -0.0000000693. The van der Waals surface area contributed by atoms with Crippen molar-refractivity contribution >= 4 is 20.8 Å². The Morgan fingerprint density at radius 3 is 0.882 bits per heavy atom. The Hall–Kier alpha value is -0.340. The quantitative estimate of drug-likeness (QED) is 0.229. The highest BCUT2D eigenvalue weighted by atomic mass is 32.3. The van der Waals surface area contributed by atoms with E-state index >= 15 is 0 Å². The predicted octanol–water partition coefficient (Wildman–Crippen LogP) is -1.75. The molecule has 0 amide bonds. The third-order valence-electron chi connectivity index (χ3n) is 0. The maximum absolute atomic E-state index is 8.74. The standard InChI is InChI=1S/C4H12N.CH5N.2H2O4S/c1-5(2,3)4;1-2;2*1-5(2,3)4/h1-4H3;2H2,1H3;2*(H2,1,2,3,4)/q+1;;;/p-1. The molecule has 0 fully saturated rings. The Morgan fingerprint density at radius 2 is 0.882 bits per heavy atom. The molecule has 10 nitrogen and oxygen atoms in total. The molecule has 0 aromatic rings. The minimum absolute atomic E-state index is 1.00. The lowest BCUT2D eigenvalue weighted by molar-refractivity contribution is -0.849. The lowest BCUT2D eigenvalue weighted by Gasteiger charge is -2.14. The van der Waals surface area contributed by atoms with Gasteiger partial charge in [0.2, 0.25) is 10.4 Å². The second kappa shape index (κ2) is 10.8. The molecule has 0 unspecified atom stereocenters. The van der Waals surface area contributed by atoms with Crippen LogP contribution in [0, 0.1) is 0 Å². The summed E-state index contributed by atoms with van der Waals surface area (Å²) in [5.74, 6) is 0. The summed E-state index contributed by atoms with van der Waals surface area (Å²) in [5, 5.41) is 0. The van der Waals surface area contributed by atoms with Crippen molar-refractivity contribution in [2.75, 3.05) is 35.2 Å². The summed E-state index contributed by atoms with van der Waals surface area (Å²) in [6.45, 7) is 0. The molecule has 5 N–H and O–H groups in total. The zero-order valence-electron chi connectivity index (χ0n) is 10.2. The maximum Gasteiger partial charge on any atom is 0.394 e. The fraction of sp³-hybridized carbons (Fsp3) is 1.00. The van der Waals surface area contributed by atoms with Crippen molar-refractivity contribution in [3.8, 4) is 0 Å². The van der Waals surface area contributed by atoms with Crippen molar-refractivity contribution in [1.29, 1.82) is 0 Å². The van der Waals surface area contributed by atoms with Crippen LogP contribution in [0.4, 0.5) is 0 Å². The van der Waals surface area contributed by atoms with E-state index in [1.165, 1.54) is 7.05 Å². The first-order chi connectivity index (χ1) is 7.00. The van der Waals surface area contributed by atoms with E-state index in [-0.39, 0.29) is 0 Å². The first-order valence-electron chi connectivity index (χ1n) is 3.75. The van der Waals surface area contributed by atoms with Crippen LogP contribution in [0.2, 0.25) is 0 Å². The van der Waals surface area contributed by atoms with Gasteiger partial charge in [0.15, 0.2) is 0 Å². The van der Waals surface area contributed by atoms with E-state index in [1.807, 2.05) is 0 Å². The van der Waals surface area contributed by atoms with E-state index in [1.54, 1.807) is 0 Å². The molecule has 0 bridgehead atoms. The molecule has 0 rings (SSSR count). The number of rotatable bonds is 0. The van der Waals surface area contributed by atoms with Gasteiger partial charge in [-0.25, -0.2) is 8.42 Å². The SMILES string of the molecule is CN.C[N+](C)(C)C.O=S(=O)(O)O.O=S(=O)([O-])O. The second-order valence-electron chi connectivity index (χ2n) is 3.56. The lowest BCUT2D eigenvalue weighted by Crippen LogP contribution is -2.27. The first-order valence-corrected chi connectivity index (χ1v) is 6.51. The molecule has 0 aliphatic rings. The molecule has 0 radical (unpaired) electrons. The summed E-state index contributed by atoms with van der Waals surface area (Å²) < 4.78 is 65.4. The molecule has 0 aromatic carbocycles. The highest BCUT2D eigenvalue weighted by molar-refractivity contribution is 7.80. The molecule has 12 heteroatoms. The number of quaternary nitrogens is 1. The second-order valence-corrected chi connectivity index (χ2v) is 5.31. The highest BCUT2D eigenvalue weighted by Gasteiger charge is 1.88. The lowest BCUT2D eigenvalue weighted by atomic mass is 10.8. The number of hydrogen-bond donors (Lipinski definition) is 4. The molecule has 17 heavy (non-hydrogen) atoms. The molecule has 0 saturated carbocycles. The van der Waals surface area contributed by atoms with Crippen molar-refractivity contribution in [1.82, 2.24) is 0 Å². The molecule has 110 valence electrons. The fourth-order valence-electron chi connectivity index (χ4n) is 0. The van der Waals surface area contributed by atoms with E-state index in [4.69, 9.17) is 35.0 Å². The van der Waals surface area contributed by atoms with Gasteiger partial charge in [-0.3, -0.25) is 13.7 Å². The fourth-order valence-corrected chi connectivity index (χ4v) is 0. The van der Waals surface area contributed by atoms with E-state index in [2.05, 4.69) is 33.9 Å². The highest BCUT2D eigenvalue weighted by Crippen LogP contribution is 1.73. The van der Waals surface area contributed by atoms with Gasteiger partial charge in [0.25, 0.3) is 0 Å². The molecule has 0 aliphatic heterocycles. The summed E-state index contributed by atoms with van der Waals surface area (Å²) in [6.07, 6.45) is 0. The van der Waals surface area contributed by atoms with Crippen LogP contribution < -0.4 is 5.73 Å². The first kappa shape index (κ1) is 25.5. The summed E-state index contributed by atoms with van der Waals surface area (Å²) >= 11 is 0. The normalized spacial score (nSPS) is 10.7. The van der Waals surface area contributed by atoms with Gasteiger partial charge in [0.1, 0.15) is 0 Å². The van der Waals surface area contributed by atoms with Gasteiger partial charge in [0.05, 0.1) is 28.2 Å². The molecule has 0 atom stereocenters. The molecule has 0 spiro atoms. The maximum atomic E-state index is 8.74. The third kappa shape index (κ3) is 25300. The van der Waals surface area contributed by atoms with Crippen LogP contribution >= 0.6 is 0 Å². The number of nitrogens with zero attached hydrogens (tertiary/aromatic N) is 1. The van der Waals surface area contributed by atoms with Gasteiger partial charge in [-0.2, -0.15) is 8.42 Å². The molecular formula is C5H20N2O8S2. The van der Waals surface area contributed by atoms with Crippen molar-refractivity contribution in [3.05, 3.63) is 0 Å². The van der Waals surface area contributed by atoms with E-state index in [0.717, 1.165) is 4.48 Å². The molecule has 0 saturated heterocycles. The molecule has 0 heterocycles. The Morgan fingerprint density at radius 1 is 0.882 bits per heavy atom. The van der Waals surface area contributed by atoms with Crippen molar-refractivity contribution in [2.45, 2.75) is 0 Å². The van der Waals surface area contributed by atoms with Crippen LogP contribution in [-0.4, -0.2) is 74.8 Å². The summed E-state index contributed by atoms with van der Waals surface area (Å²) in [6, 6.07) is 0. The van der Waals surface area contributed by atoms with E-state index in [9.17, 15) is 0 Å². The average Bonchev–Trinajstić information content (AvgIpc) is 1.77. The summed E-state index contributed by atoms with van der Waals surface area (Å²) in [7, 11) is 0.417. The van der Waals surface area contributed by atoms with E-state index < -0.39 is 20.8 Å². The van der Waals surface area contributed by atoms with E-state index in [0.29, 0.717) is 0 Å². The zero-order chi connectivity index (χ0) is 15.5. The van der Waals surface area contributed by atoms with Gasteiger partial charge in [-0.1, -0.05) is 0 Å². The van der Waals surface area contributed by atoms with Crippen LogP contribution in [0.3, 0.4) is 0 Å². The van der Waals surface area contributed by atoms with Gasteiger partial charge >= 0.3 is 10.4 Å². The molecular weight excluding hydrogens is 280 g/mol. The van der Waals surface area contributed by atoms with Gasteiger partial charge < -0.3 is 14.8 Å². The largest absolute Gasteiger partial charge is 0.726 e. The average molecular weight is 300 g/mol. The summed E-state index contributed by atoms with van der Waals surface area (Å²) in [4.78, 5) is 0. The van der Waals surface area contributed by atoms with Gasteiger partial charge in [-0.05, 0) is 7.05 Å². The molecule has 0 aromatic heterocycles. The summed E-state index contributed by atoms with van der Waals surface area (Å²) in [5.41, 5.74) is 4.50. The zero-order valence-corrected chi connectivity index (χ0v) is 11.9. The third-order valence-corrected chi connectivity index (χ3v) is 0. The Kier molecular flexibility index (Phi) is 16.2. The van der Waals surface area contributed by atoms with Crippen LogP contribution in [0.25, 0.3) is 0 Å². The van der Waals surface area contributed by atoms with Crippen molar-refractivity contribution in [3.63, 3.8) is 0 Å².